The highest BCUT2D eigenvalue weighted by molar-refractivity contribution is 6.09. The summed E-state index contributed by atoms with van der Waals surface area (Å²) < 4.78 is 7.03. The summed E-state index contributed by atoms with van der Waals surface area (Å²) in [7, 11) is 2.11. The first-order chi connectivity index (χ1) is 20.8. The maximum Gasteiger partial charge on any atom is 0.293 e. The van der Waals surface area contributed by atoms with Crippen LogP contribution in [0.2, 0.25) is 0 Å². The molecule has 0 fully saturated rings. The molecular formula is C40H42N3+. The first kappa shape index (κ1) is 28.5. The third kappa shape index (κ3) is 5.48. The second kappa shape index (κ2) is 11.9. The highest BCUT2D eigenvalue weighted by Crippen LogP contribution is 2.37. The van der Waals surface area contributed by atoms with Gasteiger partial charge in [-0.15, -0.1) is 0 Å². The van der Waals surface area contributed by atoms with Crippen molar-refractivity contribution in [2.75, 3.05) is 0 Å². The van der Waals surface area contributed by atoms with Gasteiger partial charge in [0, 0.05) is 21.8 Å². The number of allylic oxidation sites excluding steroid dienone is 4. The number of para-hydroxylation sites is 1. The smallest absolute Gasteiger partial charge is 0.293 e. The van der Waals surface area contributed by atoms with E-state index in [0.29, 0.717) is 6.04 Å². The Morgan fingerprint density at radius 1 is 0.721 bits per heavy atom. The molecule has 1 unspecified atom stereocenters. The molecule has 0 spiro atoms. The monoisotopic (exact) mass is 564 g/mol. The molecule has 2 heterocycles. The molecule has 0 saturated carbocycles. The predicted octanol–water partition coefficient (Wildman–Crippen LogP) is 10.1. The summed E-state index contributed by atoms with van der Waals surface area (Å²) in [5, 5.41) is 2.63. The second-order valence-corrected chi connectivity index (χ2v) is 12.4. The van der Waals surface area contributed by atoms with Crippen LogP contribution in [0.15, 0.2) is 122 Å². The molecule has 216 valence electrons. The fourth-order valence-corrected chi connectivity index (χ4v) is 6.39. The second-order valence-electron chi connectivity index (χ2n) is 12.4. The molecule has 0 N–H and O–H groups in total. The van der Waals surface area contributed by atoms with Gasteiger partial charge in [0.15, 0.2) is 0 Å². The van der Waals surface area contributed by atoms with Crippen molar-refractivity contribution in [3.8, 4) is 28.2 Å². The summed E-state index contributed by atoms with van der Waals surface area (Å²) in [5.74, 6) is 2.01. The minimum absolute atomic E-state index is 0.341. The third-order valence-electron chi connectivity index (χ3n) is 8.10. The van der Waals surface area contributed by atoms with Gasteiger partial charge in [-0.05, 0) is 90.9 Å². The number of aromatic nitrogens is 3. The maximum atomic E-state index is 2.51. The Morgan fingerprint density at radius 3 is 2.09 bits per heavy atom. The largest absolute Gasteiger partial charge is 0.333 e. The first-order valence-electron chi connectivity index (χ1n) is 15.4. The van der Waals surface area contributed by atoms with Gasteiger partial charge in [-0.1, -0.05) is 87.5 Å². The van der Waals surface area contributed by atoms with Gasteiger partial charge in [-0.2, -0.15) is 4.57 Å². The Balaban J connectivity index is 0.000000777. The van der Waals surface area contributed by atoms with Crippen LogP contribution < -0.4 is 4.57 Å². The fraction of sp³-hybridized carbons (Fsp3) is 0.225. The molecule has 2 aromatic heterocycles. The van der Waals surface area contributed by atoms with E-state index in [4.69, 9.17) is 0 Å². The zero-order valence-corrected chi connectivity index (χ0v) is 26.3. The molecule has 1 atom stereocenters. The lowest BCUT2D eigenvalue weighted by Gasteiger charge is -2.18. The van der Waals surface area contributed by atoms with Crippen molar-refractivity contribution in [2.24, 2.45) is 13.0 Å². The highest BCUT2D eigenvalue weighted by atomic mass is 15.1. The minimum Gasteiger partial charge on any atom is -0.333 e. The number of hydrogen-bond donors (Lipinski definition) is 0. The van der Waals surface area contributed by atoms with E-state index in [-0.39, 0.29) is 0 Å². The van der Waals surface area contributed by atoms with Crippen molar-refractivity contribution in [1.82, 2.24) is 9.13 Å². The van der Waals surface area contributed by atoms with Crippen molar-refractivity contribution >= 4 is 21.8 Å². The lowest BCUT2D eigenvalue weighted by Crippen LogP contribution is -2.29. The molecule has 43 heavy (non-hydrogen) atoms. The number of imidazole rings is 1. The van der Waals surface area contributed by atoms with Crippen molar-refractivity contribution < 1.29 is 4.57 Å². The molecule has 4 aromatic carbocycles. The molecule has 0 saturated heterocycles. The summed E-state index contributed by atoms with van der Waals surface area (Å²) >= 11 is 0. The van der Waals surface area contributed by atoms with E-state index in [2.05, 4.69) is 177 Å². The molecule has 0 radical (unpaired) electrons. The Kier molecular flexibility index (Phi) is 7.90. The molecule has 1 aliphatic carbocycles. The zero-order valence-electron chi connectivity index (χ0n) is 26.3. The van der Waals surface area contributed by atoms with E-state index in [1.165, 1.54) is 61.1 Å². The average Bonchev–Trinajstić information content (AvgIpc) is 3.54. The molecule has 3 nitrogen and oxygen atoms in total. The van der Waals surface area contributed by atoms with Gasteiger partial charge in [0.1, 0.15) is 18.1 Å². The molecule has 0 amide bonds. The highest BCUT2D eigenvalue weighted by Gasteiger charge is 2.23. The normalized spacial score (nSPS) is 14.4. The molecule has 0 aliphatic heterocycles. The van der Waals surface area contributed by atoms with Crippen LogP contribution >= 0.6 is 0 Å². The number of aryl methyl sites for hydroxylation is 3. The summed E-state index contributed by atoms with van der Waals surface area (Å²) in [6, 6.07) is 31.5. The number of fused-ring (bicyclic) bond motifs is 3. The van der Waals surface area contributed by atoms with Crippen LogP contribution in [0, 0.1) is 19.8 Å². The molecule has 7 rings (SSSR count). The quantitative estimate of drug-likeness (QED) is 0.189. The van der Waals surface area contributed by atoms with Gasteiger partial charge < -0.3 is 4.57 Å². The Morgan fingerprint density at radius 2 is 1.40 bits per heavy atom. The number of benzene rings is 4. The molecule has 6 aromatic rings. The van der Waals surface area contributed by atoms with Gasteiger partial charge in [0.2, 0.25) is 0 Å². The van der Waals surface area contributed by atoms with Crippen LogP contribution in [0.3, 0.4) is 0 Å². The summed E-state index contributed by atoms with van der Waals surface area (Å²) in [4.78, 5) is 0. The van der Waals surface area contributed by atoms with Gasteiger partial charge in [-0.25, -0.2) is 4.57 Å². The van der Waals surface area contributed by atoms with Gasteiger partial charge >= 0.3 is 0 Å². The Hall–Kier alpha value is -4.63. The molecular weight excluding hydrogens is 522 g/mol. The van der Waals surface area contributed by atoms with Gasteiger partial charge in [-0.3, -0.25) is 0 Å². The summed E-state index contributed by atoms with van der Waals surface area (Å²) in [6.07, 6.45) is 14.2. The van der Waals surface area contributed by atoms with E-state index in [0.717, 1.165) is 12.3 Å². The maximum absolute atomic E-state index is 2.51. The fourth-order valence-electron chi connectivity index (χ4n) is 6.39. The van der Waals surface area contributed by atoms with E-state index in [1.54, 1.807) is 0 Å². The van der Waals surface area contributed by atoms with E-state index in [9.17, 15) is 0 Å². The van der Waals surface area contributed by atoms with Crippen molar-refractivity contribution in [3.05, 3.63) is 133 Å². The average molecular weight is 565 g/mol. The first-order valence-corrected chi connectivity index (χ1v) is 15.4. The van der Waals surface area contributed by atoms with Crippen molar-refractivity contribution in [2.45, 2.75) is 47.1 Å². The minimum atomic E-state index is 0.341. The topological polar surface area (TPSA) is 13.7 Å². The van der Waals surface area contributed by atoms with E-state index < -0.39 is 0 Å². The summed E-state index contributed by atoms with van der Waals surface area (Å²) in [6.45, 7) is 11.0. The molecule has 0 bridgehead atoms. The zero-order chi connectivity index (χ0) is 30.1. The van der Waals surface area contributed by atoms with Crippen LogP contribution in [0.5, 0.6) is 0 Å². The predicted molar refractivity (Wildman–Crippen MR) is 183 cm³/mol. The standard InChI is InChI=1S/C36H32N3.C4H10/c1-25-22-29(23-26(2)35(25)38-21-20-37(3)36(38)27-12-6-4-7-13-27)28-18-19-34-32(24-28)31-16-10-11-17-33(31)39(34)30-14-8-5-9-15-30;1-4(2)3/h4-14,16-24,30H,15H2,1-3H3;4H,1-3H3/q+1;. The van der Waals surface area contributed by atoms with Gasteiger partial charge in [0.05, 0.1) is 18.7 Å². The van der Waals surface area contributed by atoms with Crippen LogP contribution in [0.1, 0.15) is 44.4 Å². The van der Waals surface area contributed by atoms with Crippen LogP contribution in [-0.4, -0.2) is 9.13 Å². The lowest BCUT2D eigenvalue weighted by molar-refractivity contribution is -0.659. The van der Waals surface area contributed by atoms with E-state index >= 15 is 0 Å². The molecule has 3 heteroatoms. The SMILES string of the molecule is CC(C)C.Cc1cc(-c2ccc3c(c2)c2ccccc2n3C2C=CC=CC2)cc(C)c1-n1cc[n+](C)c1-c1ccccc1. The van der Waals surface area contributed by atoms with Crippen LogP contribution in [0.25, 0.3) is 50.0 Å². The Labute approximate surface area is 256 Å². The number of hydrogen-bond acceptors (Lipinski definition) is 0. The van der Waals surface area contributed by atoms with Gasteiger partial charge in [0.25, 0.3) is 5.82 Å². The van der Waals surface area contributed by atoms with Crippen molar-refractivity contribution in [3.63, 3.8) is 0 Å². The van der Waals surface area contributed by atoms with Crippen molar-refractivity contribution in [1.29, 1.82) is 0 Å². The third-order valence-corrected chi connectivity index (χ3v) is 8.10. The number of nitrogens with zero attached hydrogens (tertiary/aromatic N) is 3. The van der Waals surface area contributed by atoms with Crippen LogP contribution in [0.4, 0.5) is 0 Å². The van der Waals surface area contributed by atoms with E-state index in [1.807, 2.05) is 0 Å². The van der Waals surface area contributed by atoms with Crippen LogP contribution in [-0.2, 0) is 7.05 Å². The number of rotatable bonds is 4. The Bertz CT molecular complexity index is 1940. The molecule has 1 aliphatic rings. The summed E-state index contributed by atoms with van der Waals surface area (Å²) in [5.41, 5.74) is 10.1. The lowest BCUT2D eigenvalue weighted by atomic mass is 9.97.